The second-order valence-electron chi connectivity index (χ2n) is 4.00. The summed E-state index contributed by atoms with van der Waals surface area (Å²) < 4.78 is 16.4. The maximum Gasteiger partial charge on any atom is 0.158 e. The van der Waals surface area contributed by atoms with Gasteiger partial charge in [-0.25, -0.2) is 0 Å². The summed E-state index contributed by atoms with van der Waals surface area (Å²) in [6.07, 6.45) is 2.75. The van der Waals surface area contributed by atoms with Gasteiger partial charge in [0.15, 0.2) is 6.29 Å². The highest BCUT2D eigenvalue weighted by molar-refractivity contribution is 4.71. The summed E-state index contributed by atoms with van der Waals surface area (Å²) in [5.74, 6) is 0.591. The lowest BCUT2D eigenvalue weighted by molar-refractivity contribution is -0.0737. The standard InChI is InChI=1S/C10H18O4/c11-3-1-9-7-13-10(14-9)5-8-2-4-12-6-8/h8-11H,1-7H2. The summed E-state index contributed by atoms with van der Waals surface area (Å²) in [7, 11) is 0. The first-order valence-electron chi connectivity index (χ1n) is 5.34. The van der Waals surface area contributed by atoms with E-state index in [-0.39, 0.29) is 19.0 Å². The van der Waals surface area contributed by atoms with E-state index in [1.54, 1.807) is 0 Å². The molecule has 0 radical (unpaired) electrons. The fraction of sp³-hybridized carbons (Fsp3) is 1.00. The average molecular weight is 202 g/mol. The Bertz CT molecular complexity index is 168. The Kier molecular flexibility index (Phi) is 3.75. The normalized spacial score (nSPS) is 37.9. The summed E-state index contributed by atoms with van der Waals surface area (Å²) in [5.41, 5.74) is 0. The first-order valence-corrected chi connectivity index (χ1v) is 5.34. The van der Waals surface area contributed by atoms with Gasteiger partial charge in [0.05, 0.1) is 12.7 Å². The van der Waals surface area contributed by atoms with Gasteiger partial charge in [0.2, 0.25) is 0 Å². The molecule has 1 N–H and O–H groups in total. The summed E-state index contributed by atoms with van der Waals surface area (Å²) in [4.78, 5) is 0. The van der Waals surface area contributed by atoms with Crippen LogP contribution in [0.4, 0.5) is 0 Å². The predicted octanol–water partition coefficient (Wildman–Crippen LogP) is 0.537. The van der Waals surface area contributed by atoms with Crippen molar-refractivity contribution in [2.75, 3.05) is 26.4 Å². The molecule has 4 heteroatoms. The van der Waals surface area contributed by atoms with Crippen LogP contribution in [0.2, 0.25) is 0 Å². The van der Waals surface area contributed by atoms with Crippen LogP contribution in [0.3, 0.4) is 0 Å². The van der Waals surface area contributed by atoms with Crippen LogP contribution >= 0.6 is 0 Å². The summed E-state index contributed by atoms with van der Waals surface area (Å²) >= 11 is 0. The molecule has 2 aliphatic heterocycles. The summed E-state index contributed by atoms with van der Waals surface area (Å²) in [6, 6.07) is 0. The zero-order chi connectivity index (χ0) is 9.80. The van der Waals surface area contributed by atoms with E-state index in [1.807, 2.05) is 0 Å². The van der Waals surface area contributed by atoms with Crippen molar-refractivity contribution in [3.63, 3.8) is 0 Å². The topological polar surface area (TPSA) is 47.9 Å². The molecule has 0 saturated carbocycles. The van der Waals surface area contributed by atoms with Crippen molar-refractivity contribution in [3.05, 3.63) is 0 Å². The van der Waals surface area contributed by atoms with Crippen molar-refractivity contribution in [2.24, 2.45) is 5.92 Å². The first kappa shape index (κ1) is 10.4. The SMILES string of the molecule is OCCC1COC(CC2CCOC2)O1. The fourth-order valence-electron chi connectivity index (χ4n) is 1.97. The number of ether oxygens (including phenoxy) is 3. The van der Waals surface area contributed by atoms with E-state index in [4.69, 9.17) is 19.3 Å². The van der Waals surface area contributed by atoms with Gasteiger partial charge in [0.1, 0.15) is 0 Å². The minimum absolute atomic E-state index is 0.0711. The number of aliphatic hydroxyl groups excluding tert-OH is 1. The maximum absolute atomic E-state index is 8.74. The molecule has 0 aromatic rings. The molecule has 2 saturated heterocycles. The quantitative estimate of drug-likeness (QED) is 0.722. The zero-order valence-corrected chi connectivity index (χ0v) is 8.35. The summed E-state index contributed by atoms with van der Waals surface area (Å²) in [6.45, 7) is 2.51. The molecule has 4 nitrogen and oxygen atoms in total. The van der Waals surface area contributed by atoms with E-state index in [0.29, 0.717) is 18.9 Å². The smallest absolute Gasteiger partial charge is 0.158 e. The Morgan fingerprint density at radius 1 is 1.29 bits per heavy atom. The van der Waals surface area contributed by atoms with Crippen LogP contribution in [0.1, 0.15) is 19.3 Å². The number of hydrogen-bond acceptors (Lipinski definition) is 4. The van der Waals surface area contributed by atoms with Gasteiger partial charge in [-0.2, -0.15) is 0 Å². The molecule has 2 heterocycles. The lowest BCUT2D eigenvalue weighted by atomic mass is 10.1. The molecule has 14 heavy (non-hydrogen) atoms. The molecular weight excluding hydrogens is 184 g/mol. The van der Waals surface area contributed by atoms with Crippen molar-refractivity contribution in [2.45, 2.75) is 31.7 Å². The van der Waals surface area contributed by atoms with Crippen LogP contribution < -0.4 is 0 Å². The summed E-state index contributed by atoms with van der Waals surface area (Å²) in [5, 5.41) is 8.74. The third-order valence-electron chi connectivity index (χ3n) is 2.81. The minimum Gasteiger partial charge on any atom is -0.396 e. The molecule has 2 aliphatic rings. The lowest BCUT2D eigenvalue weighted by Gasteiger charge is -2.14. The van der Waals surface area contributed by atoms with Gasteiger partial charge in [-0.3, -0.25) is 0 Å². The van der Waals surface area contributed by atoms with E-state index in [2.05, 4.69) is 0 Å². The molecule has 3 atom stereocenters. The van der Waals surface area contributed by atoms with Crippen LogP contribution in [0.5, 0.6) is 0 Å². The number of hydrogen-bond donors (Lipinski definition) is 1. The van der Waals surface area contributed by atoms with E-state index in [9.17, 15) is 0 Å². The molecular formula is C10H18O4. The molecule has 2 rings (SSSR count). The molecule has 0 amide bonds. The Morgan fingerprint density at radius 3 is 2.93 bits per heavy atom. The van der Waals surface area contributed by atoms with Crippen LogP contribution in [0, 0.1) is 5.92 Å². The van der Waals surface area contributed by atoms with Gasteiger partial charge in [-0.1, -0.05) is 0 Å². The largest absolute Gasteiger partial charge is 0.396 e. The maximum atomic E-state index is 8.74. The van der Waals surface area contributed by atoms with Gasteiger partial charge < -0.3 is 19.3 Å². The third kappa shape index (κ3) is 2.67. The second-order valence-corrected chi connectivity index (χ2v) is 4.00. The van der Waals surface area contributed by atoms with Crippen molar-refractivity contribution < 1.29 is 19.3 Å². The molecule has 0 aromatic carbocycles. The molecule has 0 aliphatic carbocycles. The van der Waals surface area contributed by atoms with Crippen LogP contribution in [-0.4, -0.2) is 43.9 Å². The van der Waals surface area contributed by atoms with Crippen molar-refractivity contribution in [3.8, 4) is 0 Å². The van der Waals surface area contributed by atoms with Crippen molar-refractivity contribution in [1.82, 2.24) is 0 Å². The highest BCUT2D eigenvalue weighted by Gasteiger charge is 2.29. The van der Waals surface area contributed by atoms with Gasteiger partial charge in [-0.05, 0) is 18.8 Å². The molecule has 0 aromatic heterocycles. The van der Waals surface area contributed by atoms with Crippen molar-refractivity contribution >= 4 is 0 Å². The molecule has 2 fully saturated rings. The second kappa shape index (κ2) is 5.07. The molecule has 0 spiro atoms. The van der Waals surface area contributed by atoms with E-state index < -0.39 is 0 Å². The monoisotopic (exact) mass is 202 g/mol. The fourth-order valence-corrected chi connectivity index (χ4v) is 1.97. The number of rotatable bonds is 4. The van der Waals surface area contributed by atoms with E-state index in [1.165, 1.54) is 0 Å². The van der Waals surface area contributed by atoms with Crippen LogP contribution in [0.25, 0.3) is 0 Å². The zero-order valence-electron chi connectivity index (χ0n) is 8.35. The van der Waals surface area contributed by atoms with Gasteiger partial charge in [0, 0.05) is 26.2 Å². The lowest BCUT2D eigenvalue weighted by Crippen LogP contribution is -2.17. The Hall–Kier alpha value is -0.160. The minimum atomic E-state index is -0.0711. The van der Waals surface area contributed by atoms with Crippen LogP contribution in [-0.2, 0) is 14.2 Å². The Balaban J connectivity index is 1.67. The van der Waals surface area contributed by atoms with Gasteiger partial charge in [-0.15, -0.1) is 0 Å². The Labute approximate surface area is 84.1 Å². The molecule has 3 unspecified atom stereocenters. The Morgan fingerprint density at radius 2 is 2.21 bits per heavy atom. The first-order chi connectivity index (χ1) is 6.88. The highest BCUT2D eigenvalue weighted by atomic mass is 16.7. The molecule has 0 bridgehead atoms. The predicted molar refractivity (Wildman–Crippen MR) is 49.9 cm³/mol. The van der Waals surface area contributed by atoms with Gasteiger partial charge >= 0.3 is 0 Å². The average Bonchev–Trinajstić information content (AvgIpc) is 2.79. The van der Waals surface area contributed by atoms with Gasteiger partial charge in [0.25, 0.3) is 0 Å². The highest BCUT2D eigenvalue weighted by Crippen LogP contribution is 2.24. The molecule has 82 valence electrons. The number of aliphatic hydroxyl groups is 1. The third-order valence-corrected chi connectivity index (χ3v) is 2.81. The van der Waals surface area contributed by atoms with E-state index >= 15 is 0 Å². The van der Waals surface area contributed by atoms with E-state index in [0.717, 1.165) is 26.1 Å². The van der Waals surface area contributed by atoms with Crippen LogP contribution in [0.15, 0.2) is 0 Å². The van der Waals surface area contributed by atoms with Crippen molar-refractivity contribution in [1.29, 1.82) is 0 Å².